The summed E-state index contributed by atoms with van der Waals surface area (Å²) in [7, 11) is -3.71. The van der Waals surface area contributed by atoms with Crippen molar-refractivity contribution >= 4 is 33.2 Å². The number of aliphatic hydroxyl groups excluding tert-OH is 1. The van der Waals surface area contributed by atoms with Crippen molar-refractivity contribution in [1.29, 1.82) is 0 Å². The molecule has 8 heteroatoms. The molecule has 2 atom stereocenters. The molecule has 1 aromatic carbocycles. The molecule has 1 fully saturated rings. The fraction of sp³-hybridized carbons (Fsp3) is 0.500. The molecule has 1 N–H and O–H groups in total. The molecule has 112 valence electrons. The topological polar surface area (TPSA) is 66.8 Å². The normalized spacial score (nSPS) is 24.8. The van der Waals surface area contributed by atoms with Gasteiger partial charge in [0, 0.05) is 23.1 Å². The van der Waals surface area contributed by atoms with E-state index in [1.54, 1.807) is 6.92 Å². The van der Waals surface area contributed by atoms with Gasteiger partial charge in [0.25, 0.3) is 0 Å². The van der Waals surface area contributed by atoms with Gasteiger partial charge in [0.2, 0.25) is 10.0 Å². The van der Waals surface area contributed by atoms with Gasteiger partial charge in [0.1, 0.15) is 0 Å². The molecule has 0 radical (unpaired) electrons. The summed E-state index contributed by atoms with van der Waals surface area (Å²) in [5.41, 5.74) is 0. The van der Waals surface area contributed by atoms with E-state index in [1.807, 2.05) is 0 Å². The summed E-state index contributed by atoms with van der Waals surface area (Å²) in [6.45, 7) is 1.86. The molecule has 1 aromatic rings. The van der Waals surface area contributed by atoms with E-state index in [0.717, 1.165) is 0 Å². The third-order valence-corrected chi connectivity index (χ3v) is 5.22. The smallest absolute Gasteiger partial charge is 0.243 e. The molecule has 0 aliphatic carbocycles. The van der Waals surface area contributed by atoms with Crippen molar-refractivity contribution in [2.75, 3.05) is 19.7 Å². The first-order chi connectivity index (χ1) is 9.32. The molecular weight excluding hydrogens is 325 g/mol. The molecule has 0 aromatic heterocycles. The van der Waals surface area contributed by atoms with Crippen LogP contribution in [0.4, 0.5) is 0 Å². The highest BCUT2D eigenvalue weighted by Crippen LogP contribution is 2.26. The molecular formula is C12H15Cl2NO4S. The summed E-state index contributed by atoms with van der Waals surface area (Å²) < 4.78 is 31.9. The highest BCUT2D eigenvalue weighted by atomic mass is 35.5. The van der Waals surface area contributed by atoms with Crippen LogP contribution in [0.5, 0.6) is 0 Å². The minimum Gasteiger partial charge on any atom is -0.394 e. The number of benzene rings is 1. The Morgan fingerprint density at radius 2 is 1.90 bits per heavy atom. The molecule has 2 unspecified atom stereocenters. The first kappa shape index (κ1) is 16.0. The molecule has 0 spiro atoms. The standard InChI is InChI=1S/C12H15Cl2NO4S/c1-8-5-15(6-11(7-16)19-8)20(17,18)12-3-9(13)2-10(14)4-12/h2-4,8,11,16H,5-7H2,1H3. The Morgan fingerprint density at radius 3 is 2.45 bits per heavy atom. The minimum atomic E-state index is -3.71. The van der Waals surface area contributed by atoms with Crippen molar-refractivity contribution in [3.8, 4) is 0 Å². The Morgan fingerprint density at radius 1 is 1.30 bits per heavy atom. The predicted molar refractivity (Wildman–Crippen MR) is 76.6 cm³/mol. The van der Waals surface area contributed by atoms with Gasteiger partial charge in [-0.05, 0) is 25.1 Å². The molecule has 0 bridgehead atoms. The first-order valence-corrected chi connectivity index (χ1v) is 8.25. The molecule has 1 aliphatic rings. The second-order valence-corrected chi connectivity index (χ2v) is 7.49. The summed E-state index contributed by atoms with van der Waals surface area (Å²) in [5.74, 6) is 0. The Kier molecular flexibility index (Phi) is 4.94. The van der Waals surface area contributed by atoms with Crippen molar-refractivity contribution in [2.45, 2.75) is 24.0 Å². The van der Waals surface area contributed by atoms with Crippen LogP contribution in [-0.4, -0.2) is 49.7 Å². The molecule has 0 saturated carbocycles. The Hall–Kier alpha value is -0.370. The van der Waals surface area contributed by atoms with E-state index in [4.69, 9.17) is 33.0 Å². The van der Waals surface area contributed by atoms with Crippen LogP contribution < -0.4 is 0 Å². The van der Waals surface area contributed by atoms with E-state index in [0.29, 0.717) is 0 Å². The lowest BCUT2D eigenvalue weighted by Gasteiger charge is -2.35. The van der Waals surface area contributed by atoms with Gasteiger partial charge in [0.15, 0.2) is 0 Å². The van der Waals surface area contributed by atoms with Gasteiger partial charge in [-0.3, -0.25) is 0 Å². The van der Waals surface area contributed by atoms with E-state index in [1.165, 1.54) is 22.5 Å². The van der Waals surface area contributed by atoms with E-state index in [2.05, 4.69) is 0 Å². The fourth-order valence-electron chi connectivity index (χ4n) is 2.13. The predicted octanol–water partition coefficient (Wildman–Crippen LogP) is 1.76. The molecule has 2 rings (SSSR count). The number of halogens is 2. The van der Waals surface area contributed by atoms with Gasteiger partial charge < -0.3 is 9.84 Å². The highest BCUT2D eigenvalue weighted by molar-refractivity contribution is 7.89. The van der Waals surface area contributed by atoms with Crippen LogP contribution in [0.25, 0.3) is 0 Å². The van der Waals surface area contributed by atoms with Crippen molar-refractivity contribution in [3.63, 3.8) is 0 Å². The number of hydrogen-bond acceptors (Lipinski definition) is 4. The van der Waals surface area contributed by atoms with Gasteiger partial charge in [-0.2, -0.15) is 4.31 Å². The first-order valence-electron chi connectivity index (χ1n) is 6.05. The minimum absolute atomic E-state index is 0.0424. The van der Waals surface area contributed by atoms with Crippen molar-refractivity contribution in [2.24, 2.45) is 0 Å². The molecule has 5 nitrogen and oxygen atoms in total. The Balaban J connectivity index is 2.34. The van der Waals surface area contributed by atoms with E-state index in [-0.39, 0.29) is 40.7 Å². The number of nitrogens with zero attached hydrogens (tertiary/aromatic N) is 1. The summed E-state index contributed by atoms with van der Waals surface area (Å²) in [5, 5.41) is 9.68. The summed E-state index contributed by atoms with van der Waals surface area (Å²) in [4.78, 5) is 0.0424. The number of morpholine rings is 1. The number of ether oxygens (including phenoxy) is 1. The second kappa shape index (κ2) is 6.17. The number of aliphatic hydroxyl groups is 1. The maximum absolute atomic E-state index is 12.6. The molecule has 20 heavy (non-hydrogen) atoms. The number of rotatable bonds is 3. The summed E-state index contributed by atoms with van der Waals surface area (Å²) in [6, 6.07) is 4.19. The lowest BCUT2D eigenvalue weighted by atomic mass is 10.2. The monoisotopic (exact) mass is 339 g/mol. The fourth-order valence-corrected chi connectivity index (χ4v) is 4.40. The van der Waals surface area contributed by atoms with Gasteiger partial charge in [-0.25, -0.2) is 8.42 Å². The third kappa shape index (κ3) is 3.44. The zero-order chi connectivity index (χ0) is 14.9. The van der Waals surface area contributed by atoms with E-state index < -0.39 is 16.1 Å². The van der Waals surface area contributed by atoms with Crippen LogP contribution >= 0.6 is 23.2 Å². The summed E-state index contributed by atoms with van der Waals surface area (Å²) >= 11 is 11.7. The Bertz CT molecular complexity index is 573. The quantitative estimate of drug-likeness (QED) is 0.911. The average Bonchev–Trinajstić information content (AvgIpc) is 2.36. The van der Waals surface area contributed by atoms with Crippen LogP contribution in [0, 0.1) is 0 Å². The maximum atomic E-state index is 12.6. The van der Waals surface area contributed by atoms with Crippen LogP contribution in [0.1, 0.15) is 6.92 Å². The Labute approximate surface area is 128 Å². The van der Waals surface area contributed by atoms with Crippen molar-refractivity contribution in [3.05, 3.63) is 28.2 Å². The number of hydrogen-bond donors (Lipinski definition) is 1. The number of sulfonamides is 1. The van der Waals surface area contributed by atoms with Crippen LogP contribution in [-0.2, 0) is 14.8 Å². The lowest BCUT2D eigenvalue weighted by molar-refractivity contribution is -0.0750. The van der Waals surface area contributed by atoms with Gasteiger partial charge >= 0.3 is 0 Å². The van der Waals surface area contributed by atoms with E-state index in [9.17, 15) is 8.42 Å². The molecule has 1 aliphatic heterocycles. The van der Waals surface area contributed by atoms with Crippen LogP contribution in [0.15, 0.2) is 23.1 Å². The van der Waals surface area contributed by atoms with Gasteiger partial charge in [0.05, 0.1) is 23.7 Å². The van der Waals surface area contributed by atoms with Gasteiger partial charge in [-0.15, -0.1) is 0 Å². The summed E-state index contributed by atoms with van der Waals surface area (Å²) in [6.07, 6.45) is -0.812. The molecule has 1 saturated heterocycles. The average molecular weight is 340 g/mol. The lowest BCUT2D eigenvalue weighted by Crippen LogP contribution is -2.50. The molecule has 1 heterocycles. The van der Waals surface area contributed by atoms with Crippen molar-refractivity contribution < 1.29 is 18.3 Å². The van der Waals surface area contributed by atoms with E-state index >= 15 is 0 Å². The SMILES string of the molecule is CC1CN(S(=O)(=O)c2cc(Cl)cc(Cl)c2)CC(CO)O1. The maximum Gasteiger partial charge on any atom is 0.243 e. The zero-order valence-electron chi connectivity index (χ0n) is 10.8. The van der Waals surface area contributed by atoms with Gasteiger partial charge in [-0.1, -0.05) is 23.2 Å². The molecule has 0 amide bonds. The van der Waals surface area contributed by atoms with Crippen molar-refractivity contribution in [1.82, 2.24) is 4.31 Å². The van der Waals surface area contributed by atoms with Crippen LogP contribution in [0.3, 0.4) is 0 Å². The largest absolute Gasteiger partial charge is 0.394 e. The second-order valence-electron chi connectivity index (χ2n) is 4.68. The third-order valence-electron chi connectivity index (χ3n) is 2.97. The zero-order valence-corrected chi connectivity index (χ0v) is 13.1. The van der Waals surface area contributed by atoms with Crippen LogP contribution in [0.2, 0.25) is 10.0 Å². The highest BCUT2D eigenvalue weighted by Gasteiger charge is 2.33.